The second-order valence-corrected chi connectivity index (χ2v) is 2.55. The van der Waals surface area contributed by atoms with E-state index in [1.807, 2.05) is 0 Å². The predicted molar refractivity (Wildman–Crippen MR) is 46.6 cm³/mol. The molecule has 14 heavy (non-hydrogen) atoms. The van der Waals surface area contributed by atoms with Gasteiger partial charge in [-0.3, -0.25) is 4.79 Å². The lowest BCUT2D eigenvalue weighted by molar-refractivity contribution is -0.119. The fourth-order valence-electron chi connectivity index (χ4n) is 0.846. The second-order valence-electron chi connectivity index (χ2n) is 2.55. The van der Waals surface area contributed by atoms with Crippen LogP contribution in [0.4, 0.5) is 0 Å². The maximum Gasteiger partial charge on any atom is 0.371 e. The summed E-state index contributed by atoms with van der Waals surface area (Å²) in [5, 5.41) is 11.0. The van der Waals surface area contributed by atoms with Gasteiger partial charge in [0.25, 0.3) is 0 Å². The van der Waals surface area contributed by atoms with Crippen molar-refractivity contribution >= 4 is 11.9 Å². The Morgan fingerprint density at radius 3 is 2.71 bits per heavy atom. The topological polar surface area (TPSA) is 106 Å². The van der Waals surface area contributed by atoms with Gasteiger partial charge >= 0.3 is 5.97 Å². The minimum Gasteiger partial charge on any atom is -0.475 e. The Bertz CT molecular complexity index is 345. The lowest BCUT2D eigenvalue weighted by atomic mass is 10.4. The number of nitrogens with one attached hydrogen (secondary N) is 1. The van der Waals surface area contributed by atoms with Crippen molar-refractivity contribution in [2.75, 3.05) is 6.54 Å². The quantitative estimate of drug-likeness (QED) is 0.607. The third-order valence-electron chi connectivity index (χ3n) is 1.52. The number of carbonyl (C=O) groups excluding carboxylic acids is 1. The van der Waals surface area contributed by atoms with E-state index in [9.17, 15) is 9.59 Å². The summed E-state index contributed by atoms with van der Waals surface area (Å²) >= 11 is 0. The molecule has 0 fully saturated rings. The zero-order valence-electron chi connectivity index (χ0n) is 7.32. The highest BCUT2D eigenvalue weighted by molar-refractivity contribution is 5.84. The van der Waals surface area contributed by atoms with Crippen molar-refractivity contribution in [2.24, 2.45) is 5.73 Å². The van der Waals surface area contributed by atoms with Crippen LogP contribution in [0.2, 0.25) is 0 Å². The van der Waals surface area contributed by atoms with Crippen LogP contribution in [0.15, 0.2) is 16.5 Å². The lowest BCUT2D eigenvalue weighted by Gasteiger charge is -1.99. The number of carboxylic acid groups (broad SMARTS) is 1. The predicted octanol–water partition coefficient (Wildman–Crippen LogP) is -0.447. The van der Waals surface area contributed by atoms with E-state index in [0.29, 0.717) is 5.76 Å². The van der Waals surface area contributed by atoms with Crippen LogP contribution in [0.25, 0.3) is 0 Å². The molecule has 6 nitrogen and oxygen atoms in total. The number of rotatable bonds is 4. The van der Waals surface area contributed by atoms with E-state index in [-0.39, 0.29) is 24.8 Å². The number of furan rings is 1. The lowest BCUT2D eigenvalue weighted by Crippen LogP contribution is -2.29. The molecule has 76 valence electrons. The van der Waals surface area contributed by atoms with E-state index in [2.05, 4.69) is 5.32 Å². The van der Waals surface area contributed by atoms with Gasteiger partial charge in [0.15, 0.2) is 0 Å². The van der Waals surface area contributed by atoms with Gasteiger partial charge in [-0.25, -0.2) is 4.79 Å². The first-order chi connectivity index (χ1) is 6.63. The van der Waals surface area contributed by atoms with Gasteiger partial charge in [0.05, 0.1) is 13.1 Å². The van der Waals surface area contributed by atoms with Crippen LogP contribution in [0.5, 0.6) is 0 Å². The summed E-state index contributed by atoms with van der Waals surface area (Å²) in [6.07, 6.45) is 0. The number of nitrogens with two attached hydrogens (primary N) is 1. The van der Waals surface area contributed by atoms with Crippen LogP contribution < -0.4 is 11.1 Å². The fourth-order valence-corrected chi connectivity index (χ4v) is 0.846. The van der Waals surface area contributed by atoms with Crippen LogP contribution in [-0.4, -0.2) is 23.5 Å². The molecule has 0 aliphatic rings. The molecule has 0 spiro atoms. The summed E-state index contributed by atoms with van der Waals surface area (Å²) in [6, 6.07) is 2.81. The summed E-state index contributed by atoms with van der Waals surface area (Å²) in [5.74, 6) is -1.23. The Morgan fingerprint density at radius 2 is 2.21 bits per heavy atom. The molecule has 0 aromatic carbocycles. The molecule has 0 bridgehead atoms. The summed E-state index contributed by atoms with van der Waals surface area (Å²) < 4.78 is 4.88. The standard InChI is InChI=1S/C8H10N2O4/c9-3-7(11)10-4-5-1-2-6(14-5)8(12)13/h1-2H,3-4,9H2,(H,10,11)(H,12,13). The monoisotopic (exact) mass is 198 g/mol. The molecule has 4 N–H and O–H groups in total. The molecule has 0 unspecified atom stereocenters. The number of amides is 1. The molecule has 1 amide bonds. The average Bonchev–Trinajstić information content (AvgIpc) is 2.62. The van der Waals surface area contributed by atoms with Gasteiger partial charge in [-0.15, -0.1) is 0 Å². The first kappa shape index (κ1) is 10.3. The second kappa shape index (κ2) is 4.43. The van der Waals surface area contributed by atoms with E-state index in [0.717, 1.165) is 0 Å². The summed E-state index contributed by atoms with van der Waals surface area (Å²) in [4.78, 5) is 21.1. The molecule has 1 aromatic heterocycles. The molecule has 0 saturated heterocycles. The Hall–Kier alpha value is -1.82. The maximum atomic E-state index is 10.7. The van der Waals surface area contributed by atoms with E-state index in [4.69, 9.17) is 15.3 Å². The highest BCUT2D eigenvalue weighted by Crippen LogP contribution is 2.06. The van der Waals surface area contributed by atoms with Crippen molar-refractivity contribution in [3.63, 3.8) is 0 Å². The van der Waals surface area contributed by atoms with Gasteiger partial charge in [-0.05, 0) is 12.1 Å². The highest BCUT2D eigenvalue weighted by atomic mass is 16.4. The fraction of sp³-hybridized carbons (Fsp3) is 0.250. The number of carbonyl (C=O) groups is 2. The first-order valence-corrected chi connectivity index (χ1v) is 3.92. The van der Waals surface area contributed by atoms with Crippen molar-refractivity contribution < 1.29 is 19.1 Å². The molecule has 1 heterocycles. The van der Waals surface area contributed by atoms with Crippen LogP contribution in [0, 0.1) is 0 Å². The summed E-state index contributed by atoms with van der Waals surface area (Å²) in [7, 11) is 0. The van der Waals surface area contributed by atoms with Crippen molar-refractivity contribution in [1.29, 1.82) is 0 Å². The van der Waals surface area contributed by atoms with Crippen molar-refractivity contribution in [2.45, 2.75) is 6.54 Å². The van der Waals surface area contributed by atoms with E-state index in [1.165, 1.54) is 12.1 Å². The normalized spacial score (nSPS) is 9.79. The molecule has 0 saturated carbocycles. The highest BCUT2D eigenvalue weighted by Gasteiger charge is 2.08. The van der Waals surface area contributed by atoms with Gasteiger partial charge in [-0.2, -0.15) is 0 Å². The van der Waals surface area contributed by atoms with Crippen LogP contribution in [0.3, 0.4) is 0 Å². The van der Waals surface area contributed by atoms with E-state index < -0.39 is 5.97 Å². The van der Waals surface area contributed by atoms with Crippen molar-refractivity contribution in [3.05, 3.63) is 23.7 Å². The molecule has 0 aliphatic carbocycles. The minimum absolute atomic E-state index is 0.105. The number of carboxylic acids is 1. The zero-order chi connectivity index (χ0) is 10.6. The smallest absolute Gasteiger partial charge is 0.371 e. The number of hydrogen-bond acceptors (Lipinski definition) is 4. The van der Waals surface area contributed by atoms with Crippen LogP contribution in [0.1, 0.15) is 16.3 Å². The van der Waals surface area contributed by atoms with Crippen LogP contribution in [-0.2, 0) is 11.3 Å². The summed E-state index contributed by atoms with van der Waals surface area (Å²) in [5.41, 5.74) is 5.05. The Kier molecular flexibility index (Phi) is 3.24. The Labute approximate surface area is 79.7 Å². The largest absolute Gasteiger partial charge is 0.475 e. The Balaban J connectivity index is 2.52. The molecule has 6 heteroatoms. The zero-order valence-corrected chi connectivity index (χ0v) is 7.32. The summed E-state index contributed by atoms with van der Waals surface area (Å²) in [6.45, 7) is 0.0375. The van der Waals surface area contributed by atoms with E-state index in [1.54, 1.807) is 0 Å². The van der Waals surface area contributed by atoms with Gasteiger partial charge in [-0.1, -0.05) is 0 Å². The van der Waals surface area contributed by atoms with Crippen molar-refractivity contribution in [1.82, 2.24) is 5.32 Å². The van der Waals surface area contributed by atoms with Crippen molar-refractivity contribution in [3.8, 4) is 0 Å². The third kappa shape index (κ3) is 2.60. The first-order valence-electron chi connectivity index (χ1n) is 3.92. The molecular formula is C8H10N2O4. The van der Waals surface area contributed by atoms with Gasteiger partial charge < -0.3 is 20.6 Å². The molecule has 0 aliphatic heterocycles. The molecule has 0 atom stereocenters. The molecule has 0 radical (unpaired) electrons. The minimum atomic E-state index is -1.14. The van der Waals surface area contributed by atoms with Gasteiger partial charge in [0.1, 0.15) is 5.76 Å². The average molecular weight is 198 g/mol. The van der Waals surface area contributed by atoms with Gasteiger partial charge in [0.2, 0.25) is 11.7 Å². The molecular weight excluding hydrogens is 188 g/mol. The molecule has 1 rings (SSSR count). The van der Waals surface area contributed by atoms with Crippen LogP contribution >= 0.6 is 0 Å². The Morgan fingerprint density at radius 1 is 1.50 bits per heavy atom. The number of aromatic carboxylic acids is 1. The van der Waals surface area contributed by atoms with E-state index >= 15 is 0 Å². The number of hydrogen-bond donors (Lipinski definition) is 3. The SMILES string of the molecule is NCC(=O)NCc1ccc(C(=O)O)o1. The van der Waals surface area contributed by atoms with Gasteiger partial charge in [0, 0.05) is 0 Å². The third-order valence-corrected chi connectivity index (χ3v) is 1.52. The molecule has 1 aromatic rings. The maximum absolute atomic E-state index is 10.7.